The first-order valence-electron chi connectivity index (χ1n) is 15.0. The van der Waals surface area contributed by atoms with Crippen LogP contribution in [0.4, 0.5) is 20.3 Å². The summed E-state index contributed by atoms with van der Waals surface area (Å²) in [5.41, 5.74) is 2.57. The van der Waals surface area contributed by atoms with Gasteiger partial charge in [0.25, 0.3) is 5.91 Å². The van der Waals surface area contributed by atoms with E-state index in [2.05, 4.69) is 25.6 Å². The lowest BCUT2D eigenvalue weighted by Crippen LogP contribution is -2.24. The topological polar surface area (TPSA) is 107 Å². The SMILES string of the molecule is CC.CC.COc1ccc(CN2Cc3nc(-c4c(F)cccc4F)nc(Nc4ccc(Cn5ccnn5)cc4)c3C2=O)c(OC)c1. The average Bonchev–Trinajstić information content (AvgIpc) is 3.71. The molecule has 0 saturated heterocycles. The Morgan fingerprint density at radius 1 is 0.870 bits per heavy atom. The van der Waals surface area contributed by atoms with Gasteiger partial charge in [0.15, 0.2) is 5.82 Å². The summed E-state index contributed by atoms with van der Waals surface area (Å²) in [6, 6.07) is 16.3. The number of methoxy groups -OCH3 is 2. The summed E-state index contributed by atoms with van der Waals surface area (Å²) >= 11 is 0. The molecule has 0 fully saturated rings. The zero-order chi connectivity index (χ0) is 33.2. The normalized spacial score (nSPS) is 11.6. The molecule has 0 saturated carbocycles. The fourth-order valence-electron chi connectivity index (χ4n) is 4.82. The molecule has 240 valence electrons. The molecule has 0 aliphatic carbocycles. The van der Waals surface area contributed by atoms with Gasteiger partial charge < -0.3 is 19.7 Å². The van der Waals surface area contributed by atoms with Crippen molar-refractivity contribution in [3.63, 3.8) is 0 Å². The fraction of sp³-hybridized carbons (Fsp3) is 0.265. The predicted molar refractivity (Wildman–Crippen MR) is 172 cm³/mol. The second-order valence-corrected chi connectivity index (χ2v) is 9.58. The second-order valence-electron chi connectivity index (χ2n) is 9.58. The minimum absolute atomic E-state index is 0.112. The van der Waals surface area contributed by atoms with Crippen LogP contribution in [0.3, 0.4) is 0 Å². The van der Waals surface area contributed by atoms with Gasteiger partial charge in [0.2, 0.25) is 0 Å². The number of nitrogens with one attached hydrogen (secondary N) is 1. The summed E-state index contributed by atoms with van der Waals surface area (Å²) < 4.78 is 42.0. The van der Waals surface area contributed by atoms with Crippen molar-refractivity contribution in [2.75, 3.05) is 19.5 Å². The molecule has 0 atom stereocenters. The van der Waals surface area contributed by atoms with E-state index in [9.17, 15) is 13.6 Å². The Morgan fingerprint density at radius 2 is 1.59 bits per heavy atom. The summed E-state index contributed by atoms with van der Waals surface area (Å²) in [5.74, 6) is -0.767. The molecule has 0 radical (unpaired) electrons. The van der Waals surface area contributed by atoms with Gasteiger partial charge in [-0.25, -0.2) is 23.4 Å². The first kappa shape index (κ1) is 33.5. The highest BCUT2D eigenvalue weighted by Gasteiger charge is 2.34. The molecule has 5 aromatic rings. The standard InChI is InChI=1S/C30H25F2N7O3.2C2H6/c1-41-21-11-8-19(25(14-21)42-2)16-38-17-24-27(30(38)40)29(36-28(35-24)26-22(31)4-3-5-23(26)32)34-20-9-6-18(7-10-20)15-39-13-12-33-37-39;2*1-2/h3-14H,15-17H2,1-2H3,(H,34,35,36);2*1-2H3. The smallest absolute Gasteiger partial charge is 0.260 e. The zero-order valence-corrected chi connectivity index (χ0v) is 26.7. The Balaban J connectivity index is 0.00000116. The van der Waals surface area contributed by atoms with E-state index in [0.717, 1.165) is 23.3 Å². The fourth-order valence-corrected chi connectivity index (χ4v) is 4.82. The van der Waals surface area contributed by atoms with E-state index >= 15 is 0 Å². The molecular formula is C34H37F2N7O3. The predicted octanol–water partition coefficient (Wildman–Crippen LogP) is 7.03. The van der Waals surface area contributed by atoms with Crippen LogP contribution < -0.4 is 14.8 Å². The Morgan fingerprint density at radius 3 is 2.22 bits per heavy atom. The molecule has 6 rings (SSSR count). The van der Waals surface area contributed by atoms with E-state index in [-0.39, 0.29) is 41.8 Å². The third-order valence-electron chi connectivity index (χ3n) is 6.90. The molecule has 46 heavy (non-hydrogen) atoms. The molecule has 1 aliphatic rings. The minimum atomic E-state index is -0.803. The van der Waals surface area contributed by atoms with Crippen molar-refractivity contribution in [2.24, 2.45) is 0 Å². The van der Waals surface area contributed by atoms with Crippen molar-refractivity contribution < 1.29 is 23.0 Å². The van der Waals surface area contributed by atoms with E-state index in [1.807, 2.05) is 58.0 Å². The van der Waals surface area contributed by atoms with E-state index in [0.29, 0.717) is 29.4 Å². The summed E-state index contributed by atoms with van der Waals surface area (Å²) in [6.07, 6.45) is 3.37. The number of ether oxygens (including phenoxy) is 2. The highest BCUT2D eigenvalue weighted by molar-refractivity contribution is 6.03. The van der Waals surface area contributed by atoms with Gasteiger partial charge in [-0.1, -0.05) is 51.1 Å². The summed E-state index contributed by atoms with van der Waals surface area (Å²) in [7, 11) is 3.10. The van der Waals surface area contributed by atoms with Crippen LogP contribution >= 0.6 is 0 Å². The highest BCUT2D eigenvalue weighted by Crippen LogP contribution is 2.35. The molecule has 10 nitrogen and oxygen atoms in total. The van der Waals surface area contributed by atoms with Crippen molar-refractivity contribution in [2.45, 2.75) is 47.3 Å². The maximum Gasteiger partial charge on any atom is 0.260 e. The van der Waals surface area contributed by atoms with Gasteiger partial charge in [-0.2, -0.15) is 0 Å². The van der Waals surface area contributed by atoms with Crippen LogP contribution in [0.15, 0.2) is 73.1 Å². The van der Waals surface area contributed by atoms with Gasteiger partial charge >= 0.3 is 0 Å². The van der Waals surface area contributed by atoms with Gasteiger partial charge in [0.05, 0.1) is 51.3 Å². The number of fused-ring (bicyclic) bond motifs is 1. The number of benzene rings is 3. The van der Waals surface area contributed by atoms with E-state index in [1.165, 1.54) is 6.07 Å². The monoisotopic (exact) mass is 629 g/mol. The van der Waals surface area contributed by atoms with E-state index < -0.39 is 11.6 Å². The average molecular weight is 630 g/mol. The maximum absolute atomic E-state index is 14.8. The number of aromatic nitrogens is 5. The van der Waals surface area contributed by atoms with Gasteiger partial charge in [0, 0.05) is 23.5 Å². The number of amides is 1. The lowest BCUT2D eigenvalue weighted by atomic mass is 10.1. The zero-order valence-electron chi connectivity index (χ0n) is 26.7. The third-order valence-corrected chi connectivity index (χ3v) is 6.90. The van der Waals surface area contributed by atoms with Crippen molar-refractivity contribution in [1.82, 2.24) is 29.9 Å². The first-order chi connectivity index (χ1) is 22.4. The van der Waals surface area contributed by atoms with E-state index in [4.69, 9.17) is 9.47 Å². The minimum Gasteiger partial charge on any atom is -0.497 e. The Bertz CT molecular complexity index is 1740. The number of hydrogen-bond acceptors (Lipinski definition) is 8. The number of rotatable bonds is 9. The van der Waals surface area contributed by atoms with Crippen LogP contribution in [-0.2, 0) is 19.6 Å². The molecular weight excluding hydrogens is 592 g/mol. The molecule has 1 N–H and O–H groups in total. The third kappa shape index (κ3) is 7.28. The second kappa shape index (κ2) is 15.6. The van der Waals surface area contributed by atoms with Crippen molar-refractivity contribution in [3.8, 4) is 22.9 Å². The quantitative estimate of drug-likeness (QED) is 0.185. The number of carbonyl (C=O) groups is 1. The van der Waals surface area contributed by atoms with Gasteiger partial charge in [-0.15, -0.1) is 5.10 Å². The number of anilines is 2. The molecule has 12 heteroatoms. The van der Waals surface area contributed by atoms with Crippen LogP contribution in [0.25, 0.3) is 11.4 Å². The molecule has 2 aromatic heterocycles. The number of nitrogens with zero attached hydrogens (tertiary/aromatic N) is 6. The molecule has 1 amide bonds. The van der Waals surface area contributed by atoms with Crippen LogP contribution in [0.2, 0.25) is 0 Å². The number of hydrogen-bond donors (Lipinski definition) is 1. The van der Waals surface area contributed by atoms with Crippen molar-refractivity contribution >= 4 is 17.4 Å². The van der Waals surface area contributed by atoms with Crippen molar-refractivity contribution in [1.29, 1.82) is 0 Å². The summed E-state index contributed by atoms with van der Waals surface area (Å²) in [6.45, 7) is 8.85. The number of halogens is 2. The van der Waals surface area contributed by atoms with E-state index in [1.54, 1.807) is 48.3 Å². The first-order valence-corrected chi connectivity index (χ1v) is 15.0. The lowest BCUT2D eigenvalue weighted by Gasteiger charge is -2.18. The van der Waals surface area contributed by atoms with Crippen molar-refractivity contribution in [3.05, 3.63) is 107 Å². The Labute approximate surface area is 267 Å². The molecule has 1 aliphatic heterocycles. The van der Waals surface area contributed by atoms with Crippen LogP contribution in [0.5, 0.6) is 11.5 Å². The van der Waals surface area contributed by atoms with Gasteiger partial charge in [-0.05, 0) is 42.0 Å². The van der Waals surface area contributed by atoms with Gasteiger partial charge in [-0.3, -0.25) is 4.79 Å². The summed E-state index contributed by atoms with van der Waals surface area (Å²) in [4.78, 5) is 24.2. The Kier molecular flexibility index (Phi) is 11.3. The molecule has 3 aromatic carbocycles. The number of carbonyl (C=O) groups excluding carboxylic acids is 1. The molecule has 0 bridgehead atoms. The molecule has 0 unspecified atom stereocenters. The largest absolute Gasteiger partial charge is 0.497 e. The highest BCUT2D eigenvalue weighted by atomic mass is 19.1. The van der Waals surface area contributed by atoms with Gasteiger partial charge in [0.1, 0.15) is 34.5 Å². The lowest BCUT2D eigenvalue weighted by molar-refractivity contribution is 0.0765. The summed E-state index contributed by atoms with van der Waals surface area (Å²) in [5, 5.41) is 11.0. The maximum atomic E-state index is 14.8. The van der Waals surface area contributed by atoms with Crippen LogP contribution in [-0.4, -0.2) is 50.0 Å². The molecule has 0 spiro atoms. The Hall–Kier alpha value is -5.39. The molecule has 3 heterocycles. The van der Waals surface area contributed by atoms with Crippen LogP contribution in [0, 0.1) is 11.6 Å². The van der Waals surface area contributed by atoms with Crippen LogP contribution in [0.1, 0.15) is 54.9 Å².